The summed E-state index contributed by atoms with van der Waals surface area (Å²) >= 11 is 0. The average molecular weight is 2500 g/mol. The molecule has 0 aliphatic carbocycles. The van der Waals surface area contributed by atoms with Gasteiger partial charge < -0.3 is 50.5 Å². The van der Waals surface area contributed by atoms with Crippen molar-refractivity contribution in [2.75, 3.05) is 10.0 Å². The van der Waals surface area contributed by atoms with Crippen LogP contribution in [0, 0.1) is 82.9 Å². The van der Waals surface area contributed by atoms with Crippen molar-refractivity contribution < 1.29 is 131 Å². The number of nitrogens with zero attached hydrogens (tertiary/aromatic N) is 15. The van der Waals surface area contributed by atoms with Crippen molar-refractivity contribution in [3.63, 3.8) is 0 Å². The van der Waals surface area contributed by atoms with Gasteiger partial charge in [0.1, 0.15) is 22.7 Å². The van der Waals surface area contributed by atoms with Crippen LogP contribution >= 0.6 is 0 Å². The molecule has 692 valence electrons. The van der Waals surface area contributed by atoms with Gasteiger partial charge in [0.25, 0.3) is 11.8 Å². The van der Waals surface area contributed by atoms with Crippen molar-refractivity contribution in [2.24, 2.45) is 21.5 Å². The third kappa shape index (κ3) is 34.5. The molecular formula is C103H90F7Ir4N15O4-6. The van der Waals surface area contributed by atoms with Crippen LogP contribution in [0.1, 0.15) is 95.2 Å². The summed E-state index contributed by atoms with van der Waals surface area (Å²) in [6.07, 6.45) is 10.3. The van der Waals surface area contributed by atoms with Crippen molar-refractivity contribution in [1.29, 1.82) is 0 Å². The number of para-hydroxylation sites is 1. The van der Waals surface area contributed by atoms with Crippen molar-refractivity contribution in [3.8, 4) is 79.1 Å². The number of carbonyl (C=O) groups excluding carboxylic acids is 2. The first-order valence-electron chi connectivity index (χ1n) is 40.2. The zero-order valence-electron chi connectivity index (χ0n) is 74.0. The Morgan fingerprint density at radius 3 is 1.12 bits per heavy atom. The van der Waals surface area contributed by atoms with Crippen molar-refractivity contribution in [1.82, 2.24) is 50.3 Å². The molecule has 2 aliphatic rings. The van der Waals surface area contributed by atoms with Gasteiger partial charge in [0, 0.05) is 193 Å². The van der Waals surface area contributed by atoms with E-state index < -0.39 is 34.9 Å². The molecule has 2 N–H and O–H groups in total. The second-order valence-corrected chi connectivity index (χ2v) is 31.0. The molecule has 7 aromatic carbocycles. The van der Waals surface area contributed by atoms with E-state index in [0.717, 1.165) is 93.3 Å². The largest absolute Gasteiger partial charge is 0.573 e. The SMILES string of the molecule is CC(C)(C)c1cc(-c2ccccn2)[n-]n1.CC(C)C.CC1=NN(c2ccccc2)C(=O)C1=C(C)O.Fc1c[c-]c(-c2ccccn2)c(F)c1.Fc1c[c-]c(-c2ccccn2)c(F)c1.Fc1c[c-]c(-c2ccccn2)c(F)c1.Fc1c[c-]c(-c2ccccn2)cc1.[C-]#[N+]c1ccc(N2N=C(C)C(=C(O)CC(C)(C)C)C2=O)cc1.[Ir].[Ir].[Ir].[Ir].c1ccc(-c2cc(-c3ccccn3)[n-]n2)cc1. The molecule has 10 heterocycles. The molecule has 0 bridgehead atoms. The maximum Gasteiger partial charge on any atom is 0.284 e. The predicted octanol–water partition coefficient (Wildman–Crippen LogP) is 24.4. The number of benzene rings is 7. The molecule has 0 unspecified atom stereocenters. The zero-order chi connectivity index (χ0) is 93.2. The van der Waals surface area contributed by atoms with Crippen LogP contribution in [0.15, 0.2) is 331 Å². The number of aliphatic hydroxyl groups excluding tert-OH is 2. The van der Waals surface area contributed by atoms with E-state index in [9.17, 15) is 50.5 Å². The normalized spacial score (nSPS) is 12.2. The number of halogens is 7. The van der Waals surface area contributed by atoms with E-state index in [1.165, 1.54) is 29.1 Å². The monoisotopic (exact) mass is 2510 g/mol. The van der Waals surface area contributed by atoms with Crippen molar-refractivity contribution in [3.05, 3.63) is 403 Å². The number of hydrogen-bond acceptors (Lipinski definition) is 14. The first-order chi connectivity index (χ1) is 61.7. The minimum absolute atomic E-state index is 0. The van der Waals surface area contributed by atoms with E-state index in [4.69, 9.17) is 6.57 Å². The molecule has 0 saturated heterocycles. The molecule has 4 radical (unpaired) electrons. The Bertz CT molecular complexity index is 6040. The summed E-state index contributed by atoms with van der Waals surface area (Å²) in [5, 5.41) is 47.2. The molecule has 30 heteroatoms. The molecular weight excluding hydrogens is 2410 g/mol. The minimum Gasteiger partial charge on any atom is -0.573 e. The smallest absolute Gasteiger partial charge is 0.284 e. The van der Waals surface area contributed by atoms with Gasteiger partial charge in [-0.2, -0.15) is 20.2 Å². The maximum absolute atomic E-state index is 13.2. The van der Waals surface area contributed by atoms with Crippen LogP contribution < -0.4 is 20.2 Å². The van der Waals surface area contributed by atoms with Crippen LogP contribution in [-0.2, 0) is 95.4 Å². The van der Waals surface area contributed by atoms with E-state index >= 15 is 0 Å². The summed E-state index contributed by atoms with van der Waals surface area (Å²) in [5.74, 6) is -3.86. The van der Waals surface area contributed by atoms with Crippen LogP contribution in [0.5, 0.6) is 0 Å². The van der Waals surface area contributed by atoms with Gasteiger partial charge >= 0.3 is 0 Å². The molecule has 8 aromatic heterocycles. The Morgan fingerprint density at radius 1 is 0.421 bits per heavy atom. The number of amides is 2. The minimum atomic E-state index is -0.649. The number of aliphatic hydroxyl groups is 2. The first-order valence-corrected chi connectivity index (χ1v) is 40.2. The van der Waals surface area contributed by atoms with Gasteiger partial charge in [-0.05, 0) is 139 Å². The summed E-state index contributed by atoms with van der Waals surface area (Å²) in [6.45, 7) is 30.7. The number of hydrazone groups is 2. The molecule has 2 aliphatic heterocycles. The maximum atomic E-state index is 13.2. The number of hydrogen-bond donors (Lipinski definition) is 2. The first kappa shape index (κ1) is 110. The molecule has 0 fully saturated rings. The van der Waals surface area contributed by atoms with Gasteiger partial charge in [-0.3, -0.25) is 50.3 Å². The Balaban J connectivity index is 0.000000267. The summed E-state index contributed by atoms with van der Waals surface area (Å²) in [4.78, 5) is 52.3. The molecule has 19 nitrogen and oxygen atoms in total. The van der Waals surface area contributed by atoms with Gasteiger partial charge in [0.15, 0.2) is 5.69 Å². The number of rotatable bonds is 10. The van der Waals surface area contributed by atoms with E-state index in [1.807, 2.05) is 136 Å². The van der Waals surface area contributed by atoms with Gasteiger partial charge in [-0.15, -0.1) is 66.2 Å². The molecule has 17 rings (SSSR count). The van der Waals surface area contributed by atoms with Crippen molar-refractivity contribution >= 4 is 40.3 Å². The fourth-order valence-electron chi connectivity index (χ4n) is 11.5. The Hall–Kier alpha value is -13.2. The molecule has 0 spiro atoms. The number of allylic oxidation sites excluding steroid dienone is 2. The number of anilines is 2. The van der Waals surface area contributed by atoms with Crippen LogP contribution in [0.3, 0.4) is 0 Å². The molecule has 133 heavy (non-hydrogen) atoms. The second kappa shape index (κ2) is 54.6. The van der Waals surface area contributed by atoms with Crippen LogP contribution in [0.4, 0.5) is 47.8 Å². The van der Waals surface area contributed by atoms with E-state index in [-0.39, 0.29) is 148 Å². The number of pyridine rings is 6. The third-order valence-corrected chi connectivity index (χ3v) is 17.4. The fourth-order valence-corrected chi connectivity index (χ4v) is 11.5. The quantitative estimate of drug-likeness (QED) is 0.0560. The van der Waals surface area contributed by atoms with E-state index in [1.54, 1.807) is 148 Å². The number of aromatic nitrogens is 10. The van der Waals surface area contributed by atoms with Crippen LogP contribution in [0.2, 0.25) is 0 Å². The van der Waals surface area contributed by atoms with E-state index in [0.29, 0.717) is 52.0 Å². The fraction of sp³-hybridized carbons (Fsp3) is 0.155. The summed E-state index contributed by atoms with van der Waals surface area (Å²) in [5.41, 5.74) is 13.1. The van der Waals surface area contributed by atoms with Crippen molar-refractivity contribution in [2.45, 2.75) is 94.9 Å². The van der Waals surface area contributed by atoms with Crippen LogP contribution in [0.25, 0.3) is 83.9 Å². The number of carbonyl (C=O) groups is 2. The Labute approximate surface area is 823 Å². The third-order valence-electron chi connectivity index (χ3n) is 17.4. The second-order valence-electron chi connectivity index (χ2n) is 31.0. The molecule has 15 aromatic rings. The standard InChI is InChI=1S/C17H19N3O2.C14H10N3.C12H14N3.C12H12N2O2.3C11H6F2N.C11H7FN.C4H10.4Ir/c1-11-15(14(21)10-17(2,3)4)16(22)20(19-11)13-8-6-12(18-5)7-9-13;1-2-6-11(7-3-1)13-10-14(17-16-13)12-8-4-5-9-15-12;1-12(2,3)11-8-10(14-15-11)9-6-4-5-7-13-9;1-8-11(9(2)15)12(16)14(13-8)10-6-4-3-5-7-10;3*12-8-4-5-9(10(13)7-8)11-3-1-2-6-14-11;12-10-6-4-9(5-7-10)11-3-1-2-8-13-11;1-4(2)3;;;;/h6-9,21H,10H2,1-4H3;1-10H;4-8H,1-3H3;3-7,15H,1-2H3;3*1-4,6-7H;1-4,6-8H;4H,1-3H3;;;;/q;2*-1;;4*-1;;;;;. The molecule has 2 amide bonds. The topological polar surface area (TPSA) is 241 Å². The predicted molar refractivity (Wildman–Crippen MR) is 489 cm³/mol. The Kier molecular flexibility index (Phi) is 45.3. The summed E-state index contributed by atoms with van der Waals surface area (Å²) in [6, 6.07) is 82.6. The summed E-state index contributed by atoms with van der Waals surface area (Å²) in [7, 11) is 0. The van der Waals surface area contributed by atoms with Gasteiger partial charge in [0.2, 0.25) is 0 Å². The molecule has 0 saturated carbocycles. The van der Waals surface area contributed by atoms with E-state index in [2.05, 4.69) is 131 Å². The average Bonchev–Trinajstić information content (AvgIpc) is 1.66. The van der Waals surface area contributed by atoms with Crippen LogP contribution in [-0.4, -0.2) is 73.6 Å². The molecule has 0 atom stereocenters. The van der Waals surface area contributed by atoms with Gasteiger partial charge in [-0.25, -0.2) is 4.85 Å². The summed E-state index contributed by atoms with van der Waals surface area (Å²) < 4.78 is 89.9. The Morgan fingerprint density at radius 2 is 0.774 bits per heavy atom. The zero-order valence-corrected chi connectivity index (χ0v) is 83.6. The van der Waals surface area contributed by atoms with Gasteiger partial charge in [0.05, 0.1) is 29.4 Å². The van der Waals surface area contributed by atoms with Gasteiger partial charge in [-0.1, -0.05) is 236 Å².